The van der Waals surface area contributed by atoms with Gasteiger partial charge in [0.25, 0.3) is 0 Å². The van der Waals surface area contributed by atoms with E-state index in [1.807, 2.05) is 0 Å². The molecule has 1 aromatic heterocycles. The molecule has 2 nitrogen and oxygen atoms in total. The molecule has 0 amide bonds. The van der Waals surface area contributed by atoms with Gasteiger partial charge < -0.3 is 0 Å². The Morgan fingerprint density at radius 1 is 1.88 bits per heavy atom. The third-order valence-corrected chi connectivity index (χ3v) is 2.01. The van der Waals surface area contributed by atoms with Crippen LogP contribution in [0.15, 0.2) is 11.2 Å². The van der Waals surface area contributed by atoms with E-state index in [0.29, 0.717) is 0 Å². The van der Waals surface area contributed by atoms with Gasteiger partial charge in [0.15, 0.2) is 0 Å². The second kappa shape index (κ2) is 3.04. The van der Waals surface area contributed by atoms with Gasteiger partial charge in [0.2, 0.25) is 0 Å². The first-order chi connectivity index (χ1) is 3.93. The molecule has 1 aromatic rings. The van der Waals surface area contributed by atoms with Gasteiger partial charge in [0.1, 0.15) is 5.03 Å². The Morgan fingerprint density at radius 3 is 3.25 bits per heavy atom. The molecular weight excluding hydrogens is 140 g/mol. The van der Waals surface area contributed by atoms with E-state index < -0.39 is 0 Å². The quantitative estimate of drug-likeness (QED) is 0.593. The fourth-order valence-corrected chi connectivity index (χ4v) is 1.49. The molecule has 0 aliphatic carbocycles. The molecule has 0 N–H and O–H groups in total. The van der Waals surface area contributed by atoms with Crippen molar-refractivity contribution in [2.75, 3.05) is 5.75 Å². The maximum atomic E-state index is 4.00. The largest absolute Gasteiger partial charge is 0.180 e. The summed E-state index contributed by atoms with van der Waals surface area (Å²) in [4.78, 5) is 0. The zero-order valence-corrected chi connectivity index (χ0v) is 6.13. The summed E-state index contributed by atoms with van der Waals surface area (Å²) in [7, 11) is 0. The summed E-state index contributed by atoms with van der Waals surface area (Å²) in [5.74, 6) is 1.07. The van der Waals surface area contributed by atoms with Crippen molar-refractivity contribution in [2.24, 2.45) is 0 Å². The minimum Gasteiger partial charge on any atom is -0.180 e. The first-order valence-corrected chi connectivity index (χ1v) is 4.05. The third kappa shape index (κ3) is 1.45. The number of nitrogens with zero attached hydrogens (tertiary/aromatic N) is 2. The van der Waals surface area contributed by atoms with E-state index in [9.17, 15) is 0 Å². The first kappa shape index (κ1) is 6.04. The van der Waals surface area contributed by atoms with Crippen molar-refractivity contribution in [3.63, 3.8) is 0 Å². The lowest BCUT2D eigenvalue weighted by molar-refractivity contribution is 1.26. The molecule has 0 aliphatic rings. The summed E-state index contributed by atoms with van der Waals surface area (Å²) in [6.45, 7) is 2.10. The van der Waals surface area contributed by atoms with E-state index in [2.05, 4.69) is 15.7 Å². The molecule has 0 bridgehead atoms. The van der Waals surface area contributed by atoms with Crippen LogP contribution in [0.4, 0.5) is 0 Å². The van der Waals surface area contributed by atoms with Crippen LogP contribution >= 0.6 is 23.5 Å². The van der Waals surface area contributed by atoms with Gasteiger partial charge in [-0.15, -0.1) is 11.8 Å². The number of aromatic nitrogens is 2. The van der Waals surface area contributed by atoms with Gasteiger partial charge in [-0.25, -0.2) is 0 Å². The van der Waals surface area contributed by atoms with Crippen molar-refractivity contribution in [3.8, 4) is 0 Å². The van der Waals surface area contributed by atoms with Gasteiger partial charge in [0, 0.05) is 0 Å². The number of hydrogen-bond acceptors (Lipinski definition) is 4. The summed E-state index contributed by atoms with van der Waals surface area (Å²) in [6.07, 6.45) is 1.79. The van der Waals surface area contributed by atoms with Crippen LogP contribution in [-0.2, 0) is 0 Å². The molecule has 0 radical (unpaired) electrons. The minimum atomic E-state index is 1.04. The molecule has 0 aromatic carbocycles. The van der Waals surface area contributed by atoms with E-state index in [4.69, 9.17) is 0 Å². The van der Waals surface area contributed by atoms with Crippen LogP contribution in [0.25, 0.3) is 0 Å². The Kier molecular flexibility index (Phi) is 2.29. The number of thioether (sulfide) groups is 1. The predicted octanol–water partition coefficient (Wildman–Crippen LogP) is 1.65. The van der Waals surface area contributed by atoms with Crippen LogP contribution in [0.2, 0.25) is 0 Å². The molecule has 4 heteroatoms. The number of hydrogen-bond donors (Lipinski definition) is 0. The molecular formula is C4H6N2S2. The van der Waals surface area contributed by atoms with Crippen molar-refractivity contribution >= 4 is 23.5 Å². The molecule has 8 heavy (non-hydrogen) atoms. The Balaban J connectivity index is 2.50. The maximum absolute atomic E-state index is 4.00. The topological polar surface area (TPSA) is 25.8 Å². The minimum absolute atomic E-state index is 1.04. The predicted molar refractivity (Wildman–Crippen MR) is 36.3 cm³/mol. The lowest BCUT2D eigenvalue weighted by Crippen LogP contribution is -1.66. The summed E-state index contributed by atoms with van der Waals surface area (Å²) in [6, 6.07) is 0. The van der Waals surface area contributed by atoms with Gasteiger partial charge in [-0.1, -0.05) is 6.92 Å². The molecule has 0 saturated heterocycles. The molecule has 44 valence electrons. The zero-order valence-electron chi connectivity index (χ0n) is 4.50. The van der Waals surface area contributed by atoms with E-state index in [0.717, 1.165) is 10.8 Å². The molecule has 1 rings (SSSR count). The third-order valence-electron chi connectivity index (χ3n) is 0.633. The number of rotatable bonds is 2. The van der Waals surface area contributed by atoms with Gasteiger partial charge in [0.05, 0.1) is 17.9 Å². The zero-order chi connectivity index (χ0) is 5.82. The molecule has 0 atom stereocenters. The highest BCUT2D eigenvalue weighted by atomic mass is 32.2. The molecule has 0 spiro atoms. The normalized spacial score (nSPS) is 9.62. The standard InChI is InChI=1S/C4H6N2S2/c1-2-7-4-3-5-8-6-4/h3H,2H2,1H3. The molecule has 0 fully saturated rings. The van der Waals surface area contributed by atoms with E-state index in [-0.39, 0.29) is 0 Å². The van der Waals surface area contributed by atoms with Crippen molar-refractivity contribution in [3.05, 3.63) is 6.20 Å². The summed E-state index contributed by atoms with van der Waals surface area (Å²) in [5, 5.41) is 1.04. The fraction of sp³-hybridized carbons (Fsp3) is 0.500. The second-order valence-corrected chi connectivity index (χ2v) is 3.02. The Bertz CT molecular complexity index is 138. The average molecular weight is 146 g/mol. The van der Waals surface area contributed by atoms with Crippen LogP contribution < -0.4 is 0 Å². The van der Waals surface area contributed by atoms with Crippen LogP contribution in [0, 0.1) is 0 Å². The Hall–Kier alpha value is -0.0900. The van der Waals surface area contributed by atoms with Gasteiger partial charge >= 0.3 is 0 Å². The summed E-state index contributed by atoms with van der Waals surface area (Å²) >= 11 is 2.98. The maximum Gasteiger partial charge on any atom is 0.130 e. The fourth-order valence-electron chi connectivity index (χ4n) is 0.368. The van der Waals surface area contributed by atoms with Gasteiger partial charge in [-0.3, -0.25) is 0 Å². The average Bonchev–Trinajstić information content (AvgIpc) is 2.19. The SMILES string of the molecule is CCSc1cnsn1. The lowest BCUT2D eigenvalue weighted by atomic mass is 10.9. The highest BCUT2D eigenvalue weighted by Gasteiger charge is 1.90. The highest BCUT2D eigenvalue weighted by Crippen LogP contribution is 2.12. The summed E-state index contributed by atoms with van der Waals surface area (Å²) < 4.78 is 7.85. The molecule has 0 unspecified atom stereocenters. The Morgan fingerprint density at radius 2 is 2.75 bits per heavy atom. The molecule has 0 aliphatic heterocycles. The lowest BCUT2D eigenvalue weighted by Gasteiger charge is -1.83. The smallest absolute Gasteiger partial charge is 0.130 e. The van der Waals surface area contributed by atoms with Crippen LogP contribution in [0.5, 0.6) is 0 Å². The summed E-state index contributed by atoms with van der Waals surface area (Å²) in [5.41, 5.74) is 0. The van der Waals surface area contributed by atoms with E-state index >= 15 is 0 Å². The van der Waals surface area contributed by atoms with Crippen LogP contribution in [-0.4, -0.2) is 14.5 Å². The van der Waals surface area contributed by atoms with Crippen LogP contribution in [0.3, 0.4) is 0 Å². The second-order valence-electron chi connectivity index (χ2n) is 1.18. The van der Waals surface area contributed by atoms with Crippen molar-refractivity contribution < 1.29 is 0 Å². The highest BCUT2D eigenvalue weighted by molar-refractivity contribution is 7.99. The van der Waals surface area contributed by atoms with Crippen molar-refractivity contribution in [1.29, 1.82) is 0 Å². The molecule has 1 heterocycles. The first-order valence-electron chi connectivity index (χ1n) is 2.34. The van der Waals surface area contributed by atoms with Crippen molar-refractivity contribution in [1.82, 2.24) is 8.75 Å². The Labute approximate surface area is 56.6 Å². The molecule has 0 saturated carbocycles. The monoisotopic (exact) mass is 146 g/mol. The van der Waals surface area contributed by atoms with Gasteiger partial charge in [-0.2, -0.15) is 8.75 Å². The van der Waals surface area contributed by atoms with Crippen molar-refractivity contribution in [2.45, 2.75) is 11.9 Å². The van der Waals surface area contributed by atoms with E-state index in [1.165, 1.54) is 11.7 Å². The van der Waals surface area contributed by atoms with Gasteiger partial charge in [-0.05, 0) is 5.75 Å². The van der Waals surface area contributed by atoms with Crippen LogP contribution in [0.1, 0.15) is 6.92 Å². The van der Waals surface area contributed by atoms with E-state index in [1.54, 1.807) is 18.0 Å².